The van der Waals surface area contributed by atoms with Crippen molar-refractivity contribution in [3.8, 4) is 16.9 Å². The third-order valence-corrected chi connectivity index (χ3v) is 7.10. The molecule has 42 heavy (non-hydrogen) atoms. The molecule has 0 bridgehead atoms. The number of amides is 1. The summed E-state index contributed by atoms with van der Waals surface area (Å²) in [6, 6.07) is 21.4. The Hall–Kier alpha value is -4.53. The third kappa shape index (κ3) is 6.67. The maximum atomic E-state index is 14.7. The van der Waals surface area contributed by atoms with Gasteiger partial charge in [0.15, 0.2) is 0 Å². The molecule has 0 spiro atoms. The molecule has 0 aliphatic carbocycles. The lowest BCUT2D eigenvalue weighted by Crippen LogP contribution is -2.32. The summed E-state index contributed by atoms with van der Waals surface area (Å²) in [7, 11) is 0. The van der Waals surface area contributed by atoms with Crippen LogP contribution < -0.4 is 10.1 Å². The highest BCUT2D eigenvalue weighted by Gasteiger charge is 2.38. The number of hydrogen-bond acceptors (Lipinski definition) is 3. The van der Waals surface area contributed by atoms with Gasteiger partial charge >= 0.3 is 6.36 Å². The summed E-state index contributed by atoms with van der Waals surface area (Å²) in [5.41, 5.74) is 5.04. The van der Waals surface area contributed by atoms with Crippen molar-refractivity contribution in [1.29, 1.82) is 0 Å². The molecule has 0 radical (unpaired) electrons. The minimum absolute atomic E-state index is 0.0453. The maximum absolute atomic E-state index is 14.7. The first-order valence-corrected chi connectivity index (χ1v) is 13.3. The number of aryl methyl sites for hydroxylation is 2. The van der Waals surface area contributed by atoms with Gasteiger partial charge in [-0.2, -0.15) is 0 Å². The van der Waals surface area contributed by atoms with E-state index >= 15 is 0 Å². The smallest absolute Gasteiger partial charge is 0.406 e. The molecular formula is C33H27F5N2O2. The van der Waals surface area contributed by atoms with E-state index in [4.69, 9.17) is 0 Å². The standard InChI is InChI=1S/C33H27F5N2O2/c1-19-14-20(2)16-21(15-19)18-39-32(41)26-17-29(30-27(34)4-3-5-28(30)35)40-31(26)24-8-6-22(7-9-24)23-10-12-25(13-11-23)42-33(36,37)38/h3-16,26,31H,17-18H2,1-2H3,(H,39,41)/t26-,31?/m0/s1. The van der Waals surface area contributed by atoms with Gasteiger partial charge in [0.05, 0.1) is 17.5 Å². The zero-order chi connectivity index (χ0) is 30.0. The lowest BCUT2D eigenvalue weighted by molar-refractivity contribution is -0.274. The van der Waals surface area contributed by atoms with Crippen LogP contribution in [-0.4, -0.2) is 18.0 Å². The second-order valence-electron chi connectivity index (χ2n) is 10.3. The van der Waals surface area contributed by atoms with Crippen LogP contribution in [-0.2, 0) is 11.3 Å². The predicted molar refractivity (Wildman–Crippen MR) is 150 cm³/mol. The fourth-order valence-corrected chi connectivity index (χ4v) is 5.33. The summed E-state index contributed by atoms with van der Waals surface area (Å²) >= 11 is 0. The number of benzene rings is 4. The zero-order valence-electron chi connectivity index (χ0n) is 22.8. The van der Waals surface area contributed by atoms with Crippen molar-refractivity contribution in [3.05, 3.63) is 124 Å². The Bertz CT molecular complexity index is 1590. The number of hydrogen-bond donors (Lipinski definition) is 1. The van der Waals surface area contributed by atoms with Crippen LogP contribution >= 0.6 is 0 Å². The predicted octanol–water partition coefficient (Wildman–Crippen LogP) is 8.01. The lowest BCUT2D eigenvalue weighted by atomic mass is 9.89. The molecule has 9 heteroatoms. The molecule has 0 saturated heterocycles. The number of rotatable bonds is 7. The molecule has 2 atom stereocenters. The first-order chi connectivity index (χ1) is 20.0. The van der Waals surface area contributed by atoms with Crippen LogP contribution in [0.4, 0.5) is 22.0 Å². The van der Waals surface area contributed by atoms with Crippen molar-refractivity contribution in [1.82, 2.24) is 5.32 Å². The Kier molecular flexibility index (Phi) is 8.11. The lowest BCUT2D eigenvalue weighted by Gasteiger charge is -2.19. The quantitative estimate of drug-likeness (QED) is 0.226. The Balaban J connectivity index is 1.41. The number of carbonyl (C=O) groups is 1. The first kappa shape index (κ1) is 29.0. The highest BCUT2D eigenvalue weighted by molar-refractivity contribution is 6.05. The molecule has 1 amide bonds. The molecule has 0 fully saturated rings. The highest BCUT2D eigenvalue weighted by Crippen LogP contribution is 2.38. The summed E-state index contributed by atoms with van der Waals surface area (Å²) in [5, 5.41) is 2.96. The minimum Gasteiger partial charge on any atom is -0.406 e. The van der Waals surface area contributed by atoms with E-state index in [1.165, 1.54) is 30.3 Å². The molecule has 4 aromatic carbocycles. The molecule has 1 aliphatic rings. The van der Waals surface area contributed by atoms with E-state index in [-0.39, 0.29) is 29.4 Å². The topological polar surface area (TPSA) is 50.7 Å². The van der Waals surface area contributed by atoms with Crippen LogP contribution in [0.1, 0.15) is 40.3 Å². The third-order valence-electron chi connectivity index (χ3n) is 7.10. The number of ether oxygens (including phenoxy) is 1. The zero-order valence-corrected chi connectivity index (χ0v) is 22.8. The molecule has 0 aromatic heterocycles. The molecule has 1 heterocycles. The van der Waals surface area contributed by atoms with E-state index in [1.807, 2.05) is 32.0 Å². The molecule has 1 N–H and O–H groups in total. The van der Waals surface area contributed by atoms with Crippen LogP contribution in [0.3, 0.4) is 0 Å². The van der Waals surface area contributed by atoms with Gasteiger partial charge in [0.1, 0.15) is 17.4 Å². The molecule has 4 aromatic rings. The number of carbonyl (C=O) groups excluding carboxylic acids is 1. The highest BCUT2D eigenvalue weighted by atomic mass is 19.4. The van der Waals surface area contributed by atoms with Crippen molar-refractivity contribution in [2.45, 2.75) is 39.2 Å². The summed E-state index contributed by atoms with van der Waals surface area (Å²) in [6.45, 7) is 4.24. The van der Waals surface area contributed by atoms with Gasteiger partial charge < -0.3 is 10.1 Å². The van der Waals surface area contributed by atoms with Gasteiger partial charge in [-0.3, -0.25) is 9.79 Å². The van der Waals surface area contributed by atoms with Crippen molar-refractivity contribution < 1.29 is 31.5 Å². The number of alkyl halides is 3. The largest absolute Gasteiger partial charge is 0.573 e. The molecule has 216 valence electrons. The Morgan fingerprint density at radius 1 is 0.881 bits per heavy atom. The normalized spacial score (nSPS) is 16.7. The van der Waals surface area contributed by atoms with E-state index in [9.17, 15) is 26.7 Å². The fraction of sp³-hybridized carbons (Fsp3) is 0.212. The van der Waals surface area contributed by atoms with Crippen LogP contribution in [0.15, 0.2) is 89.9 Å². The summed E-state index contributed by atoms with van der Waals surface area (Å²) in [6.07, 6.45) is -4.74. The van der Waals surface area contributed by atoms with Crippen LogP contribution in [0.25, 0.3) is 11.1 Å². The minimum atomic E-state index is -4.78. The average Bonchev–Trinajstić information content (AvgIpc) is 3.36. The molecule has 1 aliphatic heterocycles. The van der Waals surface area contributed by atoms with E-state index in [1.54, 1.807) is 24.3 Å². The van der Waals surface area contributed by atoms with Gasteiger partial charge in [-0.15, -0.1) is 13.2 Å². The van der Waals surface area contributed by atoms with Gasteiger partial charge in [-0.1, -0.05) is 71.8 Å². The number of nitrogens with zero attached hydrogens (tertiary/aromatic N) is 1. The van der Waals surface area contributed by atoms with Crippen molar-refractivity contribution in [2.75, 3.05) is 0 Å². The number of aliphatic imine (C=N–C) groups is 1. The summed E-state index contributed by atoms with van der Waals surface area (Å²) < 4.78 is 70.7. The fourth-order valence-electron chi connectivity index (χ4n) is 5.33. The van der Waals surface area contributed by atoms with Crippen molar-refractivity contribution in [3.63, 3.8) is 0 Å². The van der Waals surface area contributed by atoms with Gasteiger partial charge in [-0.25, -0.2) is 8.78 Å². The molecule has 5 rings (SSSR count). The summed E-state index contributed by atoms with van der Waals surface area (Å²) in [4.78, 5) is 18.1. The van der Waals surface area contributed by atoms with E-state index < -0.39 is 30.0 Å². The molecule has 1 unspecified atom stereocenters. The SMILES string of the molecule is Cc1cc(C)cc(CNC(=O)[C@H]2CC(c3c(F)cccc3F)=NC2c2ccc(-c3ccc(OC(F)(F)F)cc3)cc2)c1. The average molecular weight is 579 g/mol. The van der Waals surface area contributed by atoms with Crippen LogP contribution in [0, 0.1) is 31.4 Å². The Morgan fingerprint density at radius 2 is 1.45 bits per heavy atom. The van der Waals surface area contributed by atoms with E-state index in [2.05, 4.69) is 15.0 Å². The maximum Gasteiger partial charge on any atom is 0.573 e. The Morgan fingerprint density at radius 3 is 2.02 bits per heavy atom. The summed E-state index contributed by atoms with van der Waals surface area (Å²) in [5.74, 6) is -2.84. The number of nitrogens with one attached hydrogen (secondary N) is 1. The van der Waals surface area contributed by atoms with Crippen LogP contribution in [0.2, 0.25) is 0 Å². The van der Waals surface area contributed by atoms with E-state index in [0.29, 0.717) is 17.7 Å². The monoisotopic (exact) mass is 578 g/mol. The first-order valence-electron chi connectivity index (χ1n) is 13.3. The molecule has 0 saturated carbocycles. The van der Waals surface area contributed by atoms with Gasteiger partial charge in [-0.05, 0) is 60.4 Å². The Labute approximate surface area is 239 Å². The van der Waals surface area contributed by atoms with Gasteiger partial charge in [0.2, 0.25) is 5.91 Å². The van der Waals surface area contributed by atoms with E-state index in [0.717, 1.165) is 34.4 Å². The second-order valence-corrected chi connectivity index (χ2v) is 10.3. The van der Waals surface area contributed by atoms with Gasteiger partial charge in [0.25, 0.3) is 0 Å². The number of halogens is 5. The van der Waals surface area contributed by atoms with Crippen LogP contribution in [0.5, 0.6) is 5.75 Å². The van der Waals surface area contributed by atoms with Gasteiger partial charge in [0, 0.05) is 18.7 Å². The van der Waals surface area contributed by atoms with Crippen molar-refractivity contribution in [2.24, 2.45) is 10.9 Å². The second kappa shape index (κ2) is 11.8. The molecular weight excluding hydrogens is 551 g/mol. The molecule has 4 nitrogen and oxygen atoms in total. The van der Waals surface area contributed by atoms with Crippen molar-refractivity contribution >= 4 is 11.6 Å².